The molecule has 4 nitrogen and oxygen atoms in total. The summed E-state index contributed by atoms with van der Waals surface area (Å²) in [4.78, 5) is 22.9. The first-order valence-corrected chi connectivity index (χ1v) is 5.80. The zero-order valence-corrected chi connectivity index (χ0v) is 10.7. The third-order valence-electron chi connectivity index (χ3n) is 2.14. The number of rotatable bonds is 5. The second-order valence-corrected chi connectivity index (χ2v) is 4.38. The van der Waals surface area contributed by atoms with Crippen LogP contribution in [0, 0.1) is 0 Å². The van der Waals surface area contributed by atoms with Crippen LogP contribution in [0.1, 0.15) is 16.8 Å². The van der Waals surface area contributed by atoms with E-state index in [0.717, 1.165) is 4.47 Å². The van der Waals surface area contributed by atoms with Crippen molar-refractivity contribution in [2.24, 2.45) is 5.73 Å². The first-order valence-electron chi connectivity index (χ1n) is 5.01. The molecule has 0 radical (unpaired) electrons. The van der Waals surface area contributed by atoms with Crippen molar-refractivity contribution < 1.29 is 9.59 Å². The van der Waals surface area contributed by atoms with Crippen LogP contribution in [0.5, 0.6) is 0 Å². The molecule has 90 valence electrons. The van der Waals surface area contributed by atoms with Crippen LogP contribution < -0.4 is 11.1 Å². The minimum atomic E-state index is -0.723. The SMILES string of the molecule is C=CC[C@H](NC(=O)c1cccc(Br)c1)C(N)=O. The van der Waals surface area contributed by atoms with E-state index in [1.54, 1.807) is 18.2 Å². The van der Waals surface area contributed by atoms with Gasteiger partial charge in [0.15, 0.2) is 0 Å². The number of halogens is 1. The van der Waals surface area contributed by atoms with Crippen LogP contribution in [0.25, 0.3) is 0 Å². The molecule has 0 saturated carbocycles. The number of amides is 2. The number of benzene rings is 1. The fourth-order valence-corrected chi connectivity index (χ4v) is 1.68. The number of nitrogens with one attached hydrogen (secondary N) is 1. The van der Waals surface area contributed by atoms with Crippen molar-refractivity contribution in [3.05, 3.63) is 47.0 Å². The Bertz CT molecular complexity index is 446. The number of carbonyl (C=O) groups excluding carboxylic acids is 2. The van der Waals surface area contributed by atoms with Crippen LogP contribution >= 0.6 is 15.9 Å². The summed E-state index contributed by atoms with van der Waals surface area (Å²) in [6, 6.07) is 6.16. The fraction of sp³-hybridized carbons (Fsp3) is 0.167. The molecule has 3 N–H and O–H groups in total. The number of hydrogen-bond donors (Lipinski definition) is 2. The lowest BCUT2D eigenvalue weighted by Crippen LogP contribution is -2.44. The molecule has 1 atom stereocenters. The highest BCUT2D eigenvalue weighted by Crippen LogP contribution is 2.11. The maximum Gasteiger partial charge on any atom is 0.251 e. The third-order valence-corrected chi connectivity index (χ3v) is 2.63. The van der Waals surface area contributed by atoms with Gasteiger partial charge in [0.25, 0.3) is 5.91 Å². The molecule has 5 heteroatoms. The average Bonchev–Trinajstić information content (AvgIpc) is 2.28. The molecule has 0 aliphatic carbocycles. The smallest absolute Gasteiger partial charge is 0.251 e. The number of hydrogen-bond acceptors (Lipinski definition) is 2. The van der Waals surface area contributed by atoms with Crippen LogP contribution in [0.15, 0.2) is 41.4 Å². The Kier molecular flexibility index (Phi) is 4.90. The van der Waals surface area contributed by atoms with E-state index in [9.17, 15) is 9.59 Å². The molecular weight excluding hydrogens is 284 g/mol. The summed E-state index contributed by atoms with van der Waals surface area (Å²) < 4.78 is 0.796. The van der Waals surface area contributed by atoms with Crippen LogP contribution in [0.3, 0.4) is 0 Å². The van der Waals surface area contributed by atoms with Gasteiger partial charge in [0, 0.05) is 10.0 Å². The van der Waals surface area contributed by atoms with E-state index in [0.29, 0.717) is 12.0 Å². The Balaban J connectivity index is 2.77. The summed E-state index contributed by atoms with van der Waals surface area (Å²) in [6.07, 6.45) is 1.85. The molecule has 0 fully saturated rings. The molecule has 1 aromatic carbocycles. The predicted octanol–water partition coefficient (Wildman–Crippen LogP) is 1.61. The maximum absolute atomic E-state index is 11.8. The molecule has 1 aromatic rings. The van der Waals surface area contributed by atoms with Crippen molar-refractivity contribution in [2.75, 3.05) is 0 Å². The first-order chi connectivity index (χ1) is 8.04. The summed E-state index contributed by atoms with van der Waals surface area (Å²) in [5, 5.41) is 2.56. The number of carbonyl (C=O) groups is 2. The van der Waals surface area contributed by atoms with E-state index < -0.39 is 11.9 Å². The topological polar surface area (TPSA) is 72.2 Å². The van der Waals surface area contributed by atoms with Gasteiger partial charge in [0.2, 0.25) is 5.91 Å². The van der Waals surface area contributed by atoms with Crippen LogP contribution in [0.4, 0.5) is 0 Å². The Morgan fingerprint density at radius 3 is 2.76 bits per heavy atom. The largest absolute Gasteiger partial charge is 0.368 e. The molecule has 0 heterocycles. The Morgan fingerprint density at radius 2 is 2.24 bits per heavy atom. The quantitative estimate of drug-likeness (QED) is 0.810. The Morgan fingerprint density at radius 1 is 1.53 bits per heavy atom. The standard InChI is InChI=1S/C12H13BrN2O2/c1-2-4-10(11(14)16)15-12(17)8-5-3-6-9(13)7-8/h2-3,5-7,10H,1,4H2,(H2,14,16)(H,15,17)/t10-/m0/s1. The van der Waals surface area contributed by atoms with Gasteiger partial charge in [-0.3, -0.25) is 9.59 Å². The molecule has 0 aliphatic heterocycles. The monoisotopic (exact) mass is 296 g/mol. The highest BCUT2D eigenvalue weighted by atomic mass is 79.9. The summed E-state index contributed by atoms with van der Waals surface area (Å²) in [7, 11) is 0. The molecule has 1 rings (SSSR count). The summed E-state index contributed by atoms with van der Waals surface area (Å²) >= 11 is 3.27. The normalized spacial score (nSPS) is 11.6. The van der Waals surface area contributed by atoms with E-state index >= 15 is 0 Å². The molecular formula is C12H13BrN2O2. The summed E-state index contributed by atoms with van der Waals surface area (Å²) in [5.74, 6) is -0.912. The molecule has 0 aliphatic rings. The first kappa shape index (κ1) is 13.4. The van der Waals surface area contributed by atoms with Crippen LogP contribution in [-0.2, 0) is 4.79 Å². The maximum atomic E-state index is 11.8. The minimum Gasteiger partial charge on any atom is -0.368 e. The van der Waals surface area contributed by atoms with E-state index in [1.807, 2.05) is 6.07 Å². The molecule has 0 saturated heterocycles. The lowest BCUT2D eigenvalue weighted by Gasteiger charge is -2.13. The van der Waals surface area contributed by atoms with Crippen LogP contribution in [0.2, 0.25) is 0 Å². The van der Waals surface area contributed by atoms with Gasteiger partial charge in [-0.15, -0.1) is 6.58 Å². The van der Waals surface area contributed by atoms with Crippen molar-refractivity contribution in [3.8, 4) is 0 Å². The number of primary amides is 1. The average molecular weight is 297 g/mol. The summed E-state index contributed by atoms with van der Waals surface area (Å²) in [5.41, 5.74) is 5.64. The lowest BCUT2D eigenvalue weighted by atomic mass is 10.1. The van der Waals surface area contributed by atoms with E-state index in [2.05, 4.69) is 27.8 Å². The number of nitrogens with two attached hydrogens (primary N) is 1. The van der Waals surface area contributed by atoms with Crippen LogP contribution in [-0.4, -0.2) is 17.9 Å². The van der Waals surface area contributed by atoms with Gasteiger partial charge in [-0.25, -0.2) is 0 Å². The minimum absolute atomic E-state index is 0.315. The van der Waals surface area contributed by atoms with Gasteiger partial charge in [0.1, 0.15) is 6.04 Å². The lowest BCUT2D eigenvalue weighted by molar-refractivity contribution is -0.119. The predicted molar refractivity (Wildman–Crippen MR) is 69.4 cm³/mol. The van der Waals surface area contributed by atoms with Crippen molar-refractivity contribution in [3.63, 3.8) is 0 Å². The van der Waals surface area contributed by atoms with Gasteiger partial charge in [-0.05, 0) is 24.6 Å². The highest BCUT2D eigenvalue weighted by molar-refractivity contribution is 9.10. The zero-order chi connectivity index (χ0) is 12.8. The Labute approximate surface area is 108 Å². The van der Waals surface area contributed by atoms with Gasteiger partial charge >= 0.3 is 0 Å². The van der Waals surface area contributed by atoms with Gasteiger partial charge in [0.05, 0.1) is 0 Å². The molecule has 17 heavy (non-hydrogen) atoms. The molecule has 0 aromatic heterocycles. The highest BCUT2D eigenvalue weighted by Gasteiger charge is 2.17. The van der Waals surface area contributed by atoms with E-state index in [1.165, 1.54) is 6.08 Å². The Hall–Kier alpha value is -1.62. The second kappa shape index (κ2) is 6.20. The van der Waals surface area contributed by atoms with Gasteiger partial charge in [-0.2, -0.15) is 0 Å². The van der Waals surface area contributed by atoms with Crippen molar-refractivity contribution >= 4 is 27.7 Å². The molecule has 0 unspecified atom stereocenters. The van der Waals surface area contributed by atoms with Crippen molar-refractivity contribution in [1.82, 2.24) is 5.32 Å². The summed E-state index contributed by atoms with van der Waals surface area (Å²) in [6.45, 7) is 3.51. The van der Waals surface area contributed by atoms with Gasteiger partial charge < -0.3 is 11.1 Å². The van der Waals surface area contributed by atoms with Crippen molar-refractivity contribution in [2.45, 2.75) is 12.5 Å². The van der Waals surface area contributed by atoms with E-state index in [4.69, 9.17) is 5.73 Å². The van der Waals surface area contributed by atoms with Crippen molar-refractivity contribution in [1.29, 1.82) is 0 Å². The van der Waals surface area contributed by atoms with Gasteiger partial charge in [-0.1, -0.05) is 28.1 Å². The molecule has 0 spiro atoms. The zero-order valence-electron chi connectivity index (χ0n) is 9.15. The molecule has 0 bridgehead atoms. The fourth-order valence-electron chi connectivity index (χ4n) is 1.28. The van der Waals surface area contributed by atoms with E-state index in [-0.39, 0.29) is 5.91 Å². The third kappa shape index (κ3) is 4.03. The molecule has 2 amide bonds. The second-order valence-electron chi connectivity index (χ2n) is 3.46.